The van der Waals surface area contributed by atoms with Crippen molar-refractivity contribution in [1.82, 2.24) is 0 Å². The van der Waals surface area contributed by atoms with Crippen molar-refractivity contribution in [3.05, 3.63) is 60.7 Å². The van der Waals surface area contributed by atoms with Gasteiger partial charge >= 0.3 is 5.97 Å². The number of ether oxygens (including phenoxy) is 1. The van der Waals surface area contributed by atoms with Gasteiger partial charge in [-0.15, -0.1) is 11.8 Å². The smallest absolute Gasteiger partial charge is 0.333 e. The second kappa shape index (κ2) is 11.8. The Morgan fingerprint density at radius 3 is 2.13 bits per heavy atom. The van der Waals surface area contributed by atoms with E-state index in [0.29, 0.717) is 34.2 Å². The van der Waals surface area contributed by atoms with Gasteiger partial charge < -0.3 is 4.74 Å². The zero-order valence-corrected chi connectivity index (χ0v) is 19.7. The van der Waals surface area contributed by atoms with Gasteiger partial charge in [0.25, 0.3) is 0 Å². The summed E-state index contributed by atoms with van der Waals surface area (Å²) in [6.07, 6.45) is 0.825. The van der Waals surface area contributed by atoms with Gasteiger partial charge in [-0.3, -0.25) is 0 Å². The monoisotopic (exact) mass is 460 g/mol. The average molecular weight is 461 g/mol. The summed E-state index contributed by atoms with van der Waals surface area (Å²) in [7, 11) is -3.29. The molecule has 166 valence electrons. The van der Waals surface area contributed by atoms with E-state index in [-0.39, 0.29) is 17.6 Å². The zero-order valence-electron chi connectivity index (χ0n) is 18.1. The summed E-state index contributed by atoms with van der Waals surface area (Å²) in [5.41, 5.74) is 1.66. The Labute approximate surface area is 188 Å². The molecule has 0 unspecified atom stereocenters. The second-order valence-electron chi connectivity index (χ2n) is 7.25. The number of sulfone groups is 1. The van der Waals surface area contributed by atoms with Crippen LogP contribution in [0.5, 0.6) is 0 Å². The third-order valence-corrected chi connectivity index (χ3v) is 7.42. The summed E-state index contributed by atoms with van der Waals surface area (Å²) in [5, 5.41) is 8.37. The number of azo groups is 1. The van der Waals surface area contributed by atoms with Crippen molar-refractivity contribution in [2.24, 2.45) is 16.1 Å². The molecule has 0 bridgehead atoms. The van der Waals surface area contributed by atoms with Crippen LogP contribution < -0.4 is 0 Å². The maximum atomic E-state index is 12.4. The second-order valence-corrected chi connectivity index (χ2v) is 10.4. The van der Waals surface area contributed by atoms with Gasteiger partial charge in [-0.1, -0.05) is 26.8 Å². The van der Waals surface area contributed by atoms with Crippen LogP contribution in [0, 0.1) is 5.92 Å². The van der Waals surface area contributed by atoms with Crippen molar-refractivity contribution in [3.8, 4) is 0 Å². The number of carbonyl (C=O) groups excluding carboxylic acids is 1. The summed E-state index contributed by atoms with van der Waals surface area (Å²) in [4.78, 5) is 12.7. The molecule has 0 saturated carbocycles. The fourth-order valence-electron chi connectivity index (χ4n) is 2.45. The molecule has 0 aliphatic carbocycles. The van der Waals surface area contributed by atoms with Gasteiger partial charge in [0.1, 0.15) is 6.61 Å². The predicted octanol–water partition coefficient (Wildman–Crippen LogP) is 6.13. The van der Waals surface area contributed by atoms with Gasteiger partial charge in [-0.05, 0) is 61.4 Å². The lowest BCUT2D eigenvalue weighted by atomic mass is 10.2. The molecule has 8 heteroatoms. The zero-order chi connectivity index (χ0) is 22.9. The molecular formula is C23H28N2O4S2. The van der Waals surface area contributed by atoms with Gasteiger partial charge in [0, 0.05) is 16.2 Å². The molecule has 0 aliphatic heterocycles. The topological polar surface area (TPSA) is 85.2 Å². The van der Waals surface area contributed by atoms with Crippen LogP contribution in [0.1, 0.15) is 27.2 Å². The maximum absolute atomic E-state index is 12.4. The van der Waals surface area contributed by atoms with Gasteiger partial charge in [-0.25, -0.2) is 13.2 Å². The molecule has 0 saturated heterocycles. The van der Waals surface area contributed by atoms with Crippen LogP contribution >= 0.6 is 11.8 Å². The van der Waals surface area contributed by atoms with E-state index < -0.39 is 9.84 Å². The Morgan fingerprint density at radius 2 is 1.61 bits per heavy atom. The fourth-order valence-corrected chi connectivity index (χ4v) is 4.91. The van der Waals surface area contributed by atoms with E-state index in [9.17, 15) is 13.2 Å². The molecule has 0 aromatic heterocycles. The summed E-state index contributed by atoms with van der Waals surface area (Å²) < 4.78 is 29.9. The number of thioether (sulfide) groups is 1. The maximum Gasteiger partial charge on any atom is 0.333 e. The summed E-state index contributed by atoms with van der Waals surface area (Å²) in [5.74, 6) is 0.534. The Bertz CT molecular complexity index is 1010. The van der Waals surface area contributed by atoms with E-state index in [1.165, 1.54) is 0 Å². The first-order valence-corrected chi connectivity index (χ1v) is 12.6. The molecule has 0 spiro atoms. The van der Waals surface area contributed by atoms with Crippen molar-refractivity contribution in [2.75, 3.05) is 18.1 Å². The molecule has 0 amide bonds. The van der Waals surface area contributed by atoms with E-state index in [2.05, 4.69) is 16.8 Å². The minimum atomic E-state index is -3.29. The van der Waals surface area contributed by atoms with Crippen LogP contribution in [0.15, 0.2) is 80.7 Å². The van der Waals surface area contributed by atoms with E-state index in [1.54, 1.807) is 43.0 Å². The Hall–Kier alpha value is -2.45. The van der Waals surface area contributed by atoms with Gasteiger partial charge in [0.2, 0.25) is 0 Å². The van der Waals surface area contributed by atoms with Crippen molar-refractivity contribution >= 4 is 38.9 Å². The summed E-state index contributed by atoms with van der Waals surface area (Å²) in [6.45, 7) is 9.40. The largest absolute Gasteiger partial charge is 0.461 e. The Morgan fingerprint density at radius 1 is 1.06 bits per heavy atom. The lowest BCUT2D eigenvalue weighted by molar-refractivity contribution is -0.138. The third-order valence-electron chi connectivity index (χ3n) is 4.45. The van der Waals surface area contributed by atoms with E-state index in [0.717, 1.165) is 11.3 Å². The molecule has 0 radical (unpaired) electrons. The summed E-state index contributed by atoms with van der Waals surface area (Å²) >= 11 is 1.57. The highest BCUT2D eigenvalue weighted by Crippen LogP contribution is 2.24. The normalized spacial score (nSPS) is 12.6. The van der Waals surface area contributed by atoms with Crippen molar-refractivity contribution in [1.29, 1.82) is 0 Å². The molecular weight excluding hydrogens is 432 g/mol. The fraction of sp³-hybridized carbons (Fsp3) is 0.348. The van der Waals surface area contributed by atoms with Crippen molar-refractivity contribution in [2.45, 2.75) is 37.0 Å². The first kappa shape index (κ1) is 24.8. The van der Waals surface area contributed by atoms with E-state index >= 15 is 0 Å². The molecule has 31 heavy (non-hydrogen) atoms. The Kier molecular flexibility index (Phi) is 9.45. The van der Waals surface area contributed by atoms with Crippen LogP contribution in [0.4, 0.5) is 11.4 Å². The minimum Gasteiger partial charge on any atom is -0.461 e. The van der Waals surface area contributed by atoms with Crippen molar-refractivity contribution in [3.63, 3.8) is 0 Å². The third kappa shape index (κ3) is 8.30. The molecule has 0 heterocycles. The highest BCUT2D eigenvalue weighted by molar-refractivity contribution is 7.99. The standard InChI is InChI=1S/C23H28N2O4S2/c1-5-18(4)16-31(27,28)22-12-8-20(9-13-22)25-24-19-6-10-21(11-7-19)30-15-14-29-23(26)17(2)3/h6-13,18H,2,5,14-16H2,1,3-4H3/t18-/m1/s1. The Balaban J connectivity index is 1.89. The first-order chi connectivity index (χ1) is 14.7. The molecule has 0 fully saturated rings. The van der Waals surface area contributed by atoms with Crippen molar-refractivity contribution < 1.29 is 17.9 Å². The van der Waals surface area contributed by atoms with Crippen LogP contribution in [0.2, 0.25) is 0 Å². The molecule has 0 N–H and O–H groups in total. The number of hydrogen-bond acceptors (Lipinski definition) is 7. The quantitative estimate of drug-likeness (QED) is 0.132. The van der Waals surface area contributed by atoms with E-state index in [1.807, 2.05) is 38.1 Å². The lowest BCUT2D eigenvalue weighted by Gasteiger charge is -2.09. The number of nitrogens with zero attached hydrogens (tertiary/aromatic N) is 2. The number of esters is 1. The number of hydrogen-bond donors (Lipinski definition) is 0. The highest BCUT2D eigenvalue weighted by atomic mass is 32.2. The van der Waals surface area contributed by atoms with Crippen LogP contribution in [-0.2, 0) is 19.4 Å². The SMILES string of the molecule is C=C(C)C(=O)OCCSc1ccc(N=Nc2ccc(S(=O)(=O)C[C@H](C)CC)cc2)cc1. The predicted molar refractivity (Wildman–Crippen MR) is 125 cm³/mol. The van der Waals surface area contributed by atoms with Crippen LogP contribution in [0.3, 0.4) is 0 Å². The highest BCUT2D eigenvalue weighted by Gasteiger charge is 2.17. The van der Waals surface area contributed by atoms with Gasteiger partial charge in [0.15, 0.2) is 9.84 Å². The minimum absolute atomic E-state index is 0.122. The van der Waals surface area contributed by atoms with Crippen LogP contribution in [0.25, 0.3) is 0 Å². The van der Waals surface area contributed by atoms with Gasteiger partial charge in [-0.2, -0.15) is 10.2 Å². The molecule has 2 aromatic rings. The average Bonchev–Trinajstić information content (AvgIpc) is 2.75. The molecule has 1 atom stereocenters. The lowest BCUT2D eigenvalue weighted by Crippen LogP contribution is -2.13. The molecule has 0 aliphatic rings. The number of carbonyl (C=O) groups is 1. The molecule has 6 nitrogen and oxygen atoms in total. The molecule has 2 rings (SSSR count). The first-order valence-electron chi connectivity index (χ1n) is 10.0. The van der Waals surface area contributed by atoms with E-state index in [4.69, 9.17) is 4.74 Å². The summed E-state index contributed by atoms with van der Waals surface area (Å²) in [6, 6.07) is 14.0. The van der Waals surface area contributed by atoms with Crippen LogP contribution in [-0.4, -0.2) is 32.5 Å². The van der Waals surface area contributed by atoms with Gasteiger partial charge in [0.05, 0.1) is 22.0 Å². The number of benzene rings is 2. The molecule has 2 aromatic carbocycles. The number of rotatable bonds is 11.